The molecule has 0 radical (unpaired) electrons. The number of halogens is 5. The summed E-state index contributed by atoms with van der Waals surface area (Å²) in [6.07, 6.45) is -4.68. The third-order valence-electron chi connectivity index (χ3n) is 7.14. The first kappa shape index (κ1) is 29.5. The van der Waals surface area contributed by atoms with E-state index < -0.39 is 51.4 Å². The lowest BCUT2D eigenvalue weighted by Gasteiger charge is -2.30. The maximum atomic E-state index is 13.9. The van der Waals surface area contributed by atoms with Crippen LogP contribution in [-0.4, -0.2) is 27.5 Å². The van der Waals surface area contributed by atoms with Gasteiger partial charge in [0.05, 0.1) is 22.2 Å². The van der Waals surface area contributed by atoms with Crippen molar-refractivity contribution >= 4 is 75.4 Å². The van der Waals surface area contributed by atoms with E-state index in [1.807, 2.05) is 0 Å². The summed E-state index contributed by atoms with van der Waals surface area (Å²) in [4.78, 5) is 54.6. The van der Waals surface area contributed by atoms with Crippen LogP contribution in [0.2, 0.25) is 10.0 Å². The molecule has 1 N–H and O–H groups in total. The molecule has 0 bridgehead atoms. The number of carbonyl (C=O) groups is 3. The van der Waals surface area contributed by atoms with Crippen LogP contribution in [0.4, 0.5) is 24.5 Å². The van der Waals surface area contributed by atoms with Crippen LogP contribution in [0.15, 0.2) is 82.6 Å². The van der Waals surface area contributed by atoms with Crippen molar-refractivity contribution in [3.63, 3.8) is 0 Å². The summed E-state index contributed by atoms with van der Waals surface area (Å²) in [5, 5.41) is 2.89. The van der Waals surface area contributed by atoms with E-state index in [4.69, 9.17) is 23.2 Å². The molecule has 0 aliphatic carbocycles. The van der Waals surface area contributed by atoms with Gasteiger partial charge in [-0.05, 0) is 60.2 Å². The number of nitrogens with zero attached hydrogens (tertiary/aromatic N) is 2. The number of nitrogens with one attached hydrogen (secondary N) is 1. The number of thiazole rings is 1. The van der Waals surface area contributed by atoms with Crippen LogP contribution >= 0.6 is 46.3 Å². The normalized spacial score (nSPS) is 19.7. The maximum Gasteiger partial charge on any atom is 0.416 e. The Hall–Kier alpha value is -3.58. The lowest BCUT2D eigenvalue weighted by atomic mass is 9.83. The summed E-state index contributed by atoms with van der Waals surface area (Å²) >= 11 is 13.8. The second kappa shape index (κ2) is 11.2. The number of fused-ring (bicyclic) bond motifs is 2. The summed E-state index contributed by atoms with van der Waals surface area (Å²) in [5.74, 6) is -3.70. The number of rotatable bonds is 5. The van der Waals surface area contributed by atoms with E-state index in [2.05, 4.69) is 5.32 Å². The molecule has 7 nitrogen and oxygen atoms in total. The smallest absolute Gasteiger partial charge is 0.325 e. The number of thioether (sulfide) groups is 1. The Balaban J connectivity index is 1.40. The monoisotopic (exact) mass is 663 g/mol. The fraction of sp³-hybridized carbons (Fsp3) is 0.172. The summed E-state index contributed by atoms with van der Waals surface area (Å²) in [6, 6.07) is 17.0. The molecule has 0 unspecified atom stereocenters. The first-order chi connectivity index (χ1) is 20.4. The van der Waals surface area contributed by atoms with Crippen LogP contribution in [0.1, 0.15) is 21.9 Å². The predicted octanol–water partition coefficient (Wildman–Crippen LogP) is 6.67. The van der Waals surface area contributed by atoms with Gasteiger partial charge < -0.3 is 5.32 Å². The average Bonchev–Trinajstić information content (AvgIpc) is 3.40. The summed E-state index contributed by atoms with van der Waals surface area (Å²) in [5.41, 5.74) is -0.140. The van der Waals surface area contributed by atoms with Gasteiger partial charge >= 0.3 is 11.0 Å². The summed E-state index contributed by atoms with van der Waals surface area (Å²) < 4.78 is 41.7. The molecule has 14 heteroatoms. The Labute approximate surface area is 260 Å². The number of carbonyl (C=O) groups excluding carboxylic acids is 3. The zero-order valence-electron chi connectivity index (χ0n) is 21.6. The van der Waals surface area contributed by atoms with Crippen molar-refractivity contribution in [1.29, 1.82) is 0 Å². The number of hydrogen-bond donors (Lipinski definition) is 1. The summed E-state index contributed by atoms with van der Waals surface area (Å²) in [6.45, 7) is -0.371. The first-order valence-corrected chi connectivity index (χ1v) is 15.1. The molecule has 2 aliphatic rings. The zero-order chi connectivity index (χ0) is 30.6. The van der Waals surface area contributed by atoms with Gasteiger partial charge in [-0.2, -0.15) is 13.2 Å². The van der Waals surface area contributed by atoms with E-state index in [1.165, 1.54) is 10.6 Å². The van der Waals surface area contributed by atoms with Gasteiger partial charge in [-0.3, -0.25) is 23.7 Å². The van der Waals surface area contributed by atoms with Crippen LogP contribution in [0.25, 0.3) is 0 Å². The van der Waals surface area contributed by atoms with Crippen molar-refractivity contribution in [3.8, 4) is 0 Å². The molecule has 0 saturated carbocycles. The van der Waals surface area contributed by atoms with Gasteiger partial charge in [0, 0.05) is 26.5 Å². The molecular formula is C29H18Cl2F3N3O4S2. The molecule has 3 aromatic carbocycles. The Bertz CT molecular complexity index is 1820. The quantitative estimate of drug-likeness (QED) is 0.241. The van der Waals surface area contributed by atoms with E-state index in [0.29, 0.717) is 31.2 Å². The highest BCUT2D eigenvalue weighted by atomic mass is 35.5. The van der Waals surface area contributed by atoms with Crippen molar-refractivity contribution < 1.29 is 27.6 Å². The number of anilines is 2. The highest BCUT2D eigenvalue weighted by molar-refractivity contribution is 8.00. The lowest BCUT2D eigenvalue weighted by Crippen LogP contribution is -2.33. The topological polar surface area (TPSA) is 88.5 Å². The van der Waals surface area contributed by atoms with Gasteiger partial charge in [0.25, 0.3) is 0 Å². The SMILES string of the molecule is O=C(Cn1c2c(sc1=O)[C@@H](c1ccc(Cl)cc1)[C@H]1C(=O)N(c3cccc(C(F)(F)F)c3)C(=O)[C@H]1S2)Nc1ccc(Cl)cc1. The molecule has 2 aliphatic heterocycles. The van der Waals surface area contributed by atoms with Crippen molar-refractivity contribution in [2.45, 2.75) is 28.9 Å². The molecule has 3 heterocycles. The van der Waals surface area contributed by atoms with E-state index in [1.54, 1.807) is 48.5 Å². The molecule has 1 aromatic heterocycles. The highest BCUT2D eigenvalue weighted by Crippen LogP contribution is 2.54. The fourth-order valence-corrected chi connectivity index (χ4v) is 8.26. The molecule has 43 heavy (non-hydrogen) atoms. The number of imide groups is 1. The Kier molecular flexibility index (Phi) is 7.66. The first-order valence-electron chi connectivity index (χ1n) is 12.7. The number of benzene rings is 3. The fourth-order valence-electron chi connectivity index (χ4n) is 5.24. The predicted molar refractivity (Wildman–Crippen MR) is 159 cm³/mol. The van der Waals surface area contributed by atoms with Gasteiger partial charge in [0.15, 0.2) is 0 Å². The van der Waals surface area contributed by atoms with E-state index >= 15 is 0 Å². The lowest BCUT2D eigenvalue weighted by molar-refractivity contribution is -0.137. The zero-order valence-corrected chi connectivity index (χ0v) is 24.7. The number of hydrogen-bond acceptors (Lipinski definition) is 6. The molecule has 3 amide bonds. The molecule has 3 atom stereocenters. The number of alkyl halides is 3. The van der Waals surface area contributed by atoms with Gasteiger partial charge in [0.1, 0.15) is 11.8 Å². The van der Waals surface area contributed by atoms with Gasteiger partial charge in [0.2, 0.25) is 17.7 Å². The largest absolute Gasteiger partial charge is 0.416 e. The van der Waals surface area contributed by atoms with Crippen LogP contribution in [0.3, 0.4) is 0 Å². The molecule has 0 spiro atoms. The van der Waals surface area contributed by atoms with Crippen LogP contribution < -0.4 is 15.1 Å². The third kappa shape index (κ3) is 5.48. The van der Waals surface area contributed by atoms with Gasteiger partial charge in [-0.15, -0.1) is 0 Å². The molecule has 4 aromatic rings. The van der Waals surface area contributed by atoms with Gasteiger partial charge in [-0.1, -0.05) is 64.5 Å². The van der Waals surface area contributed by atoms with Crippen molar-refractivity contribution in [3.05, 3.63) is 109 Å². The average molecular weight is 665 g/mol. The molecule has 1 saturated heterocycles. The summed E-state index contributed by atoms with van der Waals surface area (Å²) in [7, 11) is 0. The van der Waals surface area contributed by atoms with E-state index in [-0.39, 0.29) is 12.2 Å². The van der Waals surface area contributed by atoms with E-state index in [0.717, 1.165) is 46.2 Å². The Morgan fingerprint density at radius 1 is 0.907 bits per heavy atom. The second-order valence-corrected chi connectivity index (χ2v) is 12.8. The highest BCUT2D eigenvalue weighted by Gasteiger charge is 2.57. The minimum atomic E-state index is -4.68. The molecule has 6 rings (SSSR count). The Morgan fingerprint density at radius 3 is 2.21 bits per heavy atom. The number of aromatic nitrogens is 1. The molecular weight excluding hydrogens is 646 g/mol. The molecule has 1 fully saturated rings. The molecule has 220 valence electrons. The van der Waals surface area contributed by atoms with Crippen LogP contribution in [0, 0.1) is 5.92 Å². The minimum absolute atomic E-state index is 0.197. The van der Waals surface area contributed by atoms with Gasteiger partial charge in [-0.25, -0.2) is 4.90 Å². The van der Waals surface area contributed by atoms with E-state index in [9.17, 15) is 32.3 Å². The van der Waals surface area contributed by atoms with Crippen molar-refractivity contribution in [2.24, 2.45) is 5.92 Å². The van der Waals surface area contributed by atoms with Crippen molar-refractivity contribution in [1.82, 2.24) is 4.57 Å². The van der Waals surface area contributed by atoms with Crippen molar-refractivity contribution in [2.75, 3.05) is 10.2 Å². The Morgan fingerprint density at radius 2 is 1.56 bits per heavy atom. The van der Waals surface area contributed by atoms with Crippen LogP contribution in [0.5, 0.6) is 0 Å². The second-order valence-electron chi connectivity index (χ2n) is 9.83. The van der Waals surface area contributed by atoms with Crippen LogP contribution in [-0.2, 0) is 27.1 Å². The maximum absolute atomic E-state index is 13.9. The minimum Gasteiger partial charge on any atom is -0.325 e. The third-order valence-corrected chi connectivity index (χ3v) is 10.2. The number of amides is 3. The standard InChI is InChI=1S/C29H18Cl2F3N3O4S2/c30-16-6-4-14(5-7-16)21-22-23(26(40)37(25(22)39)19-3-1-2-15(12-19)29(32,33)34)42-27-24(21)43-28(41)36(27)13-20(38)35-18-10-8-17(31)9-11-18/h1-12,21-23H,13H2,(H,35,38)/t21-,22+,23-/m0/s1.